The zero-order valence-corrected chi connectivity index (χ0v) is 17.7. The summed E-state index contributed by atoms with van der Waals surface area (Å²) in [4.78, 5) is 12.4. The average Bonchev–Trinajstić information content (AvgIpc) is 2.52. The molecule has 0 saturated carbocycles. The first-order valence-electron chi connectivity index (χ1n) is 9.23. The summed E-state index contributed by atoms with van der Waals surface area (Å²) in [5.74, 6) is -0.724. The minimum absolute atomic E-state index is 0.0136. The molecule has 0 saturated heterocycles. The van der Waals surface area contributed by atoms with E-state index in [-0.39, 0.29) is 17.1 Å². The molecule has 0 amide bonds. The number of hydrogen-bond acceptors (Lipinski definition) is 2. The number of carbonyl (C=O) groups is 1. The zero-order chi connectivity index (χ0) is 18.6. The van der Waals surface area contributed by atoms with Crippen LogP contribution >= 0.6 is 0 Å². The summed E-state index contributed by atoms with van der Waals surface area (Å²) in [6, 6.07) is 0. The van der Waals surface area contributed by atoms with E-state index in [4.69, 9.17) is 4.74 Å². The molecular weight excluding hydrogens is 378 g/mol. The fourth-order valence-corrected chi connectivity index (χ4v) is 14.9. The van der Waals surface area contributed by atoms with E-state index in [1.807, 2.05) is 20.8 Å². The van der Waals surface area contributed by atoms with Crippen molar-refractivity contribution in [2.75, 3.05) is 6.61 Å². The van der Waals surface area contributed by atoms with Gasteiger partial charge in [0.25, 0.3) is 0 Å². The van der Waals surface area contributed by atoms with Crippen LogP contribution in [0.1, 0.15) is 66.2 Å². The van der Waals surface area contributed by atoms with E-state index in [9.17, 15) is 18.0 Å². The molecule has 0 bridgehead atoms. The molecular formula is C18H33F3GeO2. The molecule has 0 fully saturated rings. The van der Waals surface area contributed by atoms with E-state index in [0.29, 0.717) is 0 Å². The molecule has 0 heterocycles. The van der Waals surface area contributed by atoms with E-state index < -0.39 is 25.4 Å². The quantitative estimate of drug-likeness (QED) is 0.210. The van der Waals surface area contributed by atoms with Gasteiger partial charge in [-0.3, -0.25) is 0 Å². The maximum absolute atomic E-state index is 13.1. The summed E-state index contributed by atoms with van der Waals surface area (Å²) >= 11 is -3.16. The fourth-order valence-electron chi connectivity index (χ4n) is 3.13. The Morgan fingerprint density at radius 1 is 0.917 bits per heavy atom. The van der Waals surface area contributed by atoms with E-state index in [2.05, 4.69) is 0 Å². The van der Waals surface area contributed by atoms with Crippen molar-refractivity contribution in [3.63, 3.8) is 0 Å². The van der Waals surface area contributed by atoms with Gasteiger partial charge in [0.1, 0.15) is 0 Å². The van der Waals surface area contributed by atoms with Crippen molar-refractivity contribution in [2.24, 2.45) is 0 Å². The second-order valence-electron chi connectivity index (χ2n) is 6.41. The third-order valence-corrected chi connectivity index (χ3v) is 15.8. The normalized spacial score (nSPS) is 13.2. The van der Waals surface area contributed by atoms with Gasteiger partial charge in [-0.2, -0.15) is 0 Å². The van der Waals surface area contributed by atoms with Gasteiger partial charge in [0.05, 0.1) is 0 Å². The Morgan fingerprint density at radius 2 is 1.33 bits per heavy atom. The molecule has 0 aromatic rings. The second-order valence-corrected chi connectivity index (χ2v) is 16.1. The van der Waals surface area contributed by atoms with Crippen LogP contribution in [0.3, 0.4) is 0 Å². The molecule has 0 spiro atoms. The Morgan fingerprint density at radius 3 is 1.62 bits per heavy atom. The first-order valence-corrected chi connectivity index (χ1v) is 14.7. The Kier molecular flexibility index (Phi) is 11.8. The van der Waals surface area contributed by atoms with Crippen LogP contribution in [0, 0.1) is 0 Å². The number of ether oxygens (including phenoxy) is 1. The van der Waals surface area contributed by atoms with Crippen molar-refractivity contribution in [1.82, 2.24) is 0 Å². The van der Waals surface area contributed by atoms with Gasteiger partial charge in [-0.05, 0) is 0 Å². The van der Waals surface area contributed by atoms with Crippen LogP contribution in [-0.4, -0.2) is 32.0 Å². The number of alkyl halides is 3. The average molecular weight is 411 g/mol. The molecule has 0 aliphatic heterocycles. The molecule has 2 nitrogen and oxygen atoms in total. The van der Waals surface area contributed by atoms with Gasteiger partial charge in [-0.1, -0.05) is 0 Å². The first kappa shape index (κ1) is 23.5. The predicted molar refractivity (Wildman–Crippen MR) is 95.7 cm³/mol. The maximum atomic E-state index is 13.1. The van der Waals surface area contributed by atoms with Crippen LogP contribution in [0.2, 0.25) is 15.8 Å². The van der Waals surface area contributed by atoms with Gasteiger partial charge < -0.3 is 0 Å². The van der Waals surface area contributed by atoms with E-state index in [1.165, 1.54) is 0 Å². The first-order chi connectivity index (χ1) is 11.3. The third kappa shape index (κ3) is 8.58. The van der Waals surface area contributed by atoms with Crippen LogP contribution in [0.25, 0.3) is 0 Å². The number of rotatable bonds is 12. The summed E-state index contributed by atoms with van der Waals surface area (Å²) < 4.78 is 44.5. The van der Waals surface area contributed by atoms with Gasteiger partial charge in [0, 0.05) is 0 Å². The van der Waals surface area contributed by atoms with Crippen molar-refractivity contribution in [3.05, 3.63) is 10.5 Å². The predicted octanol–water partition coefficient (Wildman–Crippen LogP) is 6.43. The van der Waals surface area contributed by atoms with Crippen LogP contribution in [-0.2, 0) is 9.53 Å². The molecule has 0 aliphatic carbocycles. The monoisotopic (exact) mass is 412 g/mol. The minimum atomic E-state index is -4.47. The van der Waals surface area contributed by atoms with Crippen LogP contribution in [0.5, 0.6) is 0 Å². The molecule has 0 radical (unpaired) electrons. The van der Waals surface area contributed by atoms with E-state index in [0.717, 1.165) is 54.3 Å². The number of allylic oxidation sites excluding steroid dienone is 1. The summed E-state index contributed by atoms with van der Waals surface area (Å²) in [6.45, 7) is 7.89. The van der Waals surface area contributed by atoms with Gasteiger partial charge in [-0.25, -0.2) is 0 Å². The van der Waals surface area contributed by atoms with Gasteiger partial charge in [-0.15, -0.1) is 0 Å². The standard InChI is InChI=1S/C18H33F3GeO2/c1-5-9-12-22(13-10-6-2,14-11-7-3)16(15-18(19,20)21)17(23)24-8-4/h15H,5-14H2,1-4H3/b16-15-. The topological polar surface area (TPSA) is 26.3 Å². The molecule has 0 aromatic heterocycles. The van der Waals surface area contributed by atoms with Crippen LogP contribution in [0.15, 0.2) is 10.5 Å². The molecule has 0 aromatic carbocycles. The van der Waals surface area contributed by atoms with Crippen LogP contribution < -0.4 is 0 Å². The summed E-state index contributed by atoms with van der Waals surface area (Å²) in [5.41, 5.74) is 0. The molecule has 0 atom stereocenters. The van der Waals surface area contributed by atoms with Gasteiger partial charge in [0.2, 0.25) is 0 Å². The summed E-state index contributed by atoms with van der Waals surface area (Å²) in [7, 11) is 0. The molecule has 6 heteroatoms. The molecule has 0 unspecified atom stereocenters. The number of esters is 1. The Labute approximate surface area is 147 Å². The van der Waals surface area contributed by atoms with Crippen molar-refractivity contribution in [1.29, 1.82) is 0 Å². The fraction of sp³-hybridized carbons (Fsp3) is 0.833. The number of hydrogen-bond donors (Lipinski definition) is 0. The van der Waals surface area contributed by atoms with Crippen molar-refractivity contribution in [3.8, 4) is 0 Å². The van der Waals surface area contributed by atoms with Crippen molar-refractivity contribution >= 4 is 19.2 Å². The van der Waals surface area contributed by atoms with Gasteiger partial charge >= 0.3 is 147 Å². The number of unbranched alkanes of at least 4 members (excludes halogenated alkanes) is 3. The Balaban J connectivity index is 5.96. The molecule has 0 rings (SSSR count). The summed E-state index contributed by atoms with van der Waals surface area (Å²) in [5, 5.41) is 2.37. The molecule has 0 N–H and O–H groups in total. The van der Waals surface area contributed by atoms with E-state index >= 15 is 0 Å². The SMILES string of the molecule is CCC[CH2][Ge]([CH2]CCC)([CH2]CCC)/[C](=C\C(F)(F)F)C(=O)OCC. The number of carbonyl (C=O) groups excluding carboxylic acids is 1. The van der Waals surface area contributed by atoms with Crippen molar-refractivity contribution < 1.29 is 22.7 Å². The van der Waals surface area contributed by atoms with Crippen LogP contribution in [0.4, 0.5) is 13.2 Å². The van der Waals surface area contributed by atoms with Crippen molar-refractivity contribution in [2.45, 2.75) is 88.2 Å². The molecule has 0 aliphatic rings. The number of halogens is 3. The third-order valence-electron chi connectivity index (χ3n) is 4.40. The Hall–Kier alpha value is -0.457. The second kappa shape index (κ2) is 12.0. The van der Waals surface area contributed by atoms with E-state index in [1.54, 1.807) is 6.92 Å². The van der Waals surface area contributed by atoms with Gasteiger partial charge in [0.15, 0.2) is 0 Å². The molecule has 142 valence electrons. The molecule has 24 heavy (non-hydrogen) atoms. The zero-order valence-electron chi connectivity index (χ0n) is 15.6. The Bertz CT molecular complexity index is 370. The summed E-state index contributed by atoms with van der Waals surface area (Å²) in [6.07, 6.45) is 1.30.